The van der Waals surface area contributed by atoms with Crippen LogP contribution in [0.15, 0.2) is 12.8 Å². The summed E-state index contributed by atoms with van der Waals surface area (Å²) in [7, 11) is 0. The Morgan fingerprint density at radius 1 is 2.00 bits per heavy atom. The van der Waals surface area contributed by atoms with Gasteiger partial charge in [-0.25, -0.2) is 0 Å². The van der Waals surface area contributed by atoms with Gasteiger partial charge in [-0.1, -0.05) is 25.3 Å². The summed E-state index contributed by atoms with van der Waals surface area (Å²) in [4.78, 5) is 10.4. The number of thioether (sulfide) groups is 1. The highest BCUT2D eigenvalue weighted by Gasteiger charge is 1.92. The molecular weight excluding hydrogens is 122 g/mol. The molecule has 0 unspecified atom stereocenters. The van der Waals surface area contributed by atoms with E-state index < -0.39 is 0 Å². The molecule has 0 radical (unpaired) electrons. The number of hydrogen-bond donors (Lipinski definition) is 1. The second-order valence-electron chi connectivity index (χ2n) is 1.07. The average Bonchev–Trinajstić information content (AvgIpc) is 1.68. The zero-order valence-electron chi connectivity index (χ0n) is 4.81. The minimum atomic E-state index is -0.0394. The van der Waals surface area contributed by atoms with Gasteiger partial charge >= 0.3 is 0 Å². The van der Waals surface area contributed by atoms with E-state index in [0.717, 1.165) is 5.75 Å². The first-order valence-electron chi connectivity index (χ1n) is 2.35. The van der Waals surface area contributed by atoms with Crippen LogP contribution < -0.4 is 5.32 Å². The molecule has 0 fully saturated rings. The smallest absolute Gasteiger partial charge is 0.282 e. The van der Waals surface area contributed by atoms with Gasteiger partial charge in [-0.2, -0.15) is 0 Å². The lowest BCUT2D eigenvalue weighted by Gasteiger charge is -1.92. The van der Waals surface area contributed by atoms with E-state index >= 15 is 0 Å². The van der Waals surface area contributed by atoms with Crippen molar-refractivity contribution in [1.29, 1.82) is 0 Å². The van der Waals surface area contributed by atoms with Crippen LogP contribution in [-0.2, 0) is 0 Å². The van der Waals surface area contributed by atoms with Gasteiger partial charge in [0.2, 0.25) is 0 Å². The molecule has 3 heteroatoms. The monoisotopic (exact) mass is 131 g/mol. The predicted octanol–water partition coefficient (Wildman–Crippen LogP) is 1.59. The van der Waals surface area contributed by atoms with Crippen LogP contribution in [0.4, 0.5) is 4.79 Å². The van der Waals surface area contributed by atoms with Gasteiger partial charge in [-0.15, -0.1) is 0 Å². The summed E-state index contributed by atoms with van der Waals surface area (Å²) in [6, 6.07) is 0. The third-order valence-electron chi connectivity index (χ3n) is 0.495. The Morgan fingerprint density at radius 3 is 3.00 bits per heavy atom. The largest absolute Gasteiger partial charge is 0.324 e. The van der Waals surface area contributed by atoms with Gasteiger partial charge < -0.3 is 5.32 Å². The summed E-state index contributed by atoms with van der Waals surface area (Å²) in [5.74, 6) is 0.805. The maximum absolute atomic E-state index is 10.4. The van der Waals surface area contributed by atoms with Gasteiger partial charge in [0.1, 0.15) is 0 Å². The molecule has 0 aliphatic heterocycles. The van der Waals surface area contributed by atoms with Crippen molar-refractivity contribution in [3.63, 3.8) is 0 Å². The van der Waals surface area contributed by atoms with E-state index in [1.165, 1.54) is 18.0 Å². The summed E-state index contributed by atoms with van der Waals surface area (Å²) in [5.41, 5.74) is 0. The summed E-state index contributed by atoms with van der Waals surface area (Å²) < 4.78 is 0. The van der Waals surface area contributed by atoms with Gasteiger partial charge in [0, 0.05) is 0 Å². The highest BCUT2D eigenvalue weighted by atomic mass is 32.2. The number of nitrogens with one attached hydrogen (secondary N) is 1. The quantitative estimate of drug-likeness (QED) is 0.616. The number of amides is 1. The molecule has 0 saturated heterocycles. The van der Waals surface area contributed by atoms with Gasteiger partial charge in [0.05, 0.1) is 0 Å². The standard InChI is InChI=1S/C5H9NOS/c1-3-6-5(7)8-4-2/h3H,1,4H2,2H3,(H,6,7). The highest BCUT2D eigenvalue weighted by Crippen LogP contribution is 1.97. The molecule has 0 heterocycles. The lowest BCUT2D eigenvalue weighted by molar-refractivity contribution is 0.263. The molecule has 46 valence electrons. The van der Waals surface area contributed by atoms with Crippen molar-refractivity contribution in [1.82, 2.24) is 5.32 Å². The average molecular weight is 131 g/mol. The highest BCUT2D eigenvalue weighted by molar-refractivity contribution is 8.13. The van der Waals surface area contributed by atoms with Gasteiger partial charge in [0.15, 0.2) is 0 Å². The normalized spacial score (nSPS) is 8.12. The van der Waals surface area contributed by atoms with Crippen molar-refractivity contribution in [3.8, 4) is 0 Å². The summed E-state index contributed by atoms with van der Waals surface area (Å²) in [6.07, 6.45) is 1.38. The maximum Gasteiger partial charge on any atom is 0.282 e. The molecule has 8 heavy (non-hydrogen) atoms. The van der Waals surface area contributed by atoms with E-state index in [2.05, 4.69) is 11.9 Å². The van der Waals surface area contributed by atoms with Crippen molar-refractivity contribution in [2.75, 3.05) is 5.75 Å². The van der Waals surface area contributed by atoms with Crippen LogP contribution in [0.3, 0.4) is 0 Å². The maximum atomic E-state index is 10.4. The lowest BCUT2D eigenvalue weighted by Crippen LogP contribution is -2.09. The van der Waals surface area contributed by atoms with Crippen molar-refractivity contribution in [2.45, 2.75) is 6.92 Å². The second kappa shape index (κ2) is 4.71. The van der Waals surface area contributed by atoms with E-state index in [-0.39, 0.29) is 5.24 Å². The Bertz CT molecular complexity index is 92.4. The Balaban J connectivity index is 3.18. The first kappa shape index (κ1) is 7.56. The van der Waals surface area contributed by atoms with Crippen LogP contribution in [0.1, 0.15) is 6.92 Å². The van der Waals surface area contributed by atoms with Crippen LogP contribution >= 0.6 is 11.8 Å². The molecule has 0 atom stereocenters. The van der Waals surface area contributed by atoms with E-state index in [4.69, 9.17) is 0 Å². The fourth-order valence-corrected chi connectivity index (χ4v) is 0.685. The molecule has 0 aromatic rings. The third-order valence-corrected chi connectivity index (χ3v) is 1.16. The molecule has 0 spiro atoms. The molecule has 0 aromatic carbocycles. The van der Waals surface area contributed by atoms with E-state index in [9.17, 15) is 4.79 Å². The van der Waals surface area contributed by atoms with Crippen molar-refractivity contribution >= 4 is 17.0 Å². The minimum Gasteiger partial charge on any atom is -0.324 e. The number of hydrogen-bond acceptors (Lipinski definition) is 2. The molecular formula is C5H9NOS. The van der Waals surface area contributed by atoms with Crippen LogP contribution in [0.25, 0.3) is 0 Å². The topological polar surface area (TPSA) is 29.1 Å². The molecule has 1 N–H and O–H groups in total. The Labute approximate surface area is 53.3 Å². The second-order valence-corrected chi connectivity index (χ2v) is 2.31. The predicted molar refractivity (Wildman–Crippen MR) is 36.9 cm³/mol. The number of rotatable bonds is 2. The zero-order chi connectivity index (χ0) is 6.41. The number of carbonyl (C=O) groups is 1. The molecule has 0 aliphatic rings. The van der Waals surface area contributed by atoms with Crippen LogP contribution in [-0.4, -0.2) is 11.0 Å². The molecule has 0 bridgehead atoms. The van der Waals surface area contributed by atoms with E-state index in [1.54, 1.807) is 0 Å². The fraction of sp³-hybridized carbons (Fsp3) is 0.400. The first-order valence-corrected chi connectivity index (χ1v) is 3.34. The van der Waals surface area contributed by atoms with Gasteiger partial charge in [-0.3, -0.25) is 4.79 Å². The van der Waals surface area contributed by atoms with Crippen LogP contribution in [0.2, 0.25) is 0 Å². The molecule has 0 saturated carbocycles. The first-order chi connectivity index (χ1) is 3.81. The van der Waals surface area contributed by atoms with E-state index in [0.29, 0.717) is 0 Å². The Hall–Kier alpha value is -0.440. The van der Waals surface area contributed by atoms with Gasteiger partial charge in [-0.05, 0) is 12.0 Å². The zero-order valence-corrected chi connectivity index (χ0v) is 5.62. The summed E-state index contributed by atoms with van der Waals surface area (Å²) in [6.45, 7) is 5.26. The molecule has 1 amide bonds. The van der Waals surface area contributed by atoms with Gasteiger partial charge in [0.25, 0.3) is 5.24 Å². The molecule has 0 aromatic heterocycles. The number of carbonyl (C=O) groups excluding carboxylic acids is 1. The molecule has 0 rings (SSSR count). The lowest BCUT2D eigenvalue weighted by atomic mass is 11.0. The minimum absolute atomic E-state index is 0.0394. The molecule has 0 aliphatic carbocycles. The third kappa shape index (κ3) is 3.74. The Morgan fingerprint density at radius 2 is 2.62 bits per heavy atom. The van der Waals surface area contributed by atoms with Crippen LogP contribution in [0.5, 0.6) is 0 Å². The van der Waals surface area contributed by atoms with Crippen LogP contribution in [0, 0.1) is 0 Å². The SMILES string of the molecule is C=CNC(=O)SCC. The van der Waals surface area contributed by atoms with Crippen molar-refractivity contribution < 1.29 is 4.79 Å². The van der Waals surface area contributed by atoms with Crippen molar-refractivity contribution in [2.24, 2.45) is 0 Å². The summed E-state index contributed by atoms with van der Waals surface area (Å²) in [5, 5.41) is 2.40. The van der Waals surface area contributed by atoms with E-state index in [1.807, 2.05) is 6.92 Å². The Kier molecular flexibility index (Phi) is 4.45. The summed E-state index contributed by atoms with van der Waals surface area (Å²) >= 11 is 1.23. The fourth-order valence-electron chi connectivity index (χ4n) is 0.256. The molecule has 2 nitrogen and oxygen atoms in total. The van der Waals surface area contributed by atoms with Crippen molar-refractivity contribution in [3.05, 3.63) is 12.8 Å².